The quantitative estimate of drug-likeness (QED) is 0.769. The van der Waals surface area contributed by atoms with Crippen LogP contribution in [0.4, 0.5) is 0 Å². The first kappa shape index (κ1) is 12.5. The van der Waals surface area contributed by atoms with Gasteiger partial charge in [0.15, 0.2) is 0 Å². The van der Waals surface area contributed by atoms with Crippen molar-refractivity contribution in [2.75, 3.05) is 26.9 Å². The third-order valence-corrected chi connectivity index (χ3v) is 2.94. The number of aromatic nitrogens is 3. The fraction of sp³-hybridized carbons (Fsp3) is 0.818. The molecule has 0 saturated carbocycles. The van der Waals surface area contributed by atoms with Crippen LogP contribution in [0.1, 0.15) is 18.7 Å². The Morgan fingerprint density at radius 3 is 3.35 bits per heavy atom. The topological polar surface area (TPSA) is 61.2 Å². The van der Waals surface area contributed by atoms with E-state index in [1.165, 1.54) is 6.42 Å². The fourth-order valence-corrected chi connectivity index (χ4v) is 1.93. The number of nitrogens with one attached hydrogen (secondary N) is 1. The summed E-state index contributed by atoms with van der Waals surface area (Å²) in [6, 6.07) is 0.441. The van der Waals surface area contributed by atoms with Gasteiger partial charge in [0.1, 0.15) is 12.2 Å². The Morgan fingerprint density at radius 2 is 2.59 bits per heavy atom. The van der Waals surface area contributed by atoms with Crippen LogP contribution in [0.5, 0.6) is 0 Å². The highest BCUT2D eigenvalue weighted by Crippen LogP contribution is 2.06. The molecule has 2 rings (SSSR count). The lowest BCUT2D eigenvalue weighted by Gasteiger charge is -2.23. The molecule has 17 heavy (non-hydrogen) atoms. The summed E-state index contributed by atoms with van der Waals surface area (Å²) in [6.45, 7) is 3.89. The summed E-state index contributed by atoms with van der Waals surface area (Å²) >= 11 is 0. The number of ether oxygens (including phenoxy) is 2. The number of nitrogens with zero attached hydrogens (tertiary/aromatic N) is 3. The standard InChI is InChI=1S/C11H20N4O2/c1-16-6-4-15-9-13-14-11(15)7-12-10-3-2-5-17-8-10/h9-10,12H,2-8H2,1H3/t10-/m1/s1. The molecule has 0 bridgehead atoms. The van der Waals surface area contributed by atoms with E-state index in [9.17, 15) is 0 Å². The average Bonchev–Trinajstić information content (AvgIpc) is 2.82. The summed E-state index contributed by atoms with van der Waals surface area (Å²) in [5.74, 6) is 0.952. The Labute approximate surface area is 101 Å². The van der Waals surface area contributed by atoms with Gasteiger partial charge in [0.2, 0.25) is 0 Å². The molecule has 0 spiro atoms. The second kappa shape index (κ2) is 6.68. The van der Waals surface area contributed by atoms with E-state index in [4.69, 9.17) is 9.47 Å². The van der Waals surface area contributed by atoms with Crippen LogP contribution in [-0.4, -0.2) is 47.7 Å². The highest BCUT2D eigenvalue weighted by atomic mass is 16.5. The van der Waals surface area contributed by atoms with Gasteiger partial charge in [0, 0.05) is 26.3 Å². The minimum absolute atomic E-state index is 0.441. The van der Waals surface area contributed by atoms with Crippen LogP contribution in [0.15, 0.2) is 6.33 Å². The molecule has 1 saturated heterocycles. The van der Waals surface area contributed by atoms with Crippen molar-refractivity contribution in [3.63, 3.8) is 0 Å². The van der Waals surface area contributed by atoms with Gasteiger partial charge in [-0.15, -0.1) is 10.2 Å². The smallest absolute Gasteiger partial charge is 0.146 e. The maximum absolute atomic E-state index is 5.42. The zero-order valence-corrected chi connectivity index (χ0v) is 10.3. The molecule has 1 N–H and O–H groups in total. The molecule has 1 aliphatic heterocycles. The largest absolute Gasteiger partial charge is 0.383 e. The molecular formula is C11H20N4O2. The second-order valence-corrected chi connectivity index (χ2v) is 4.23. The van der Waals surface area contributed by atoms with E-state index < -0.39 is 0 Å². The van der Waals surface area contributed by atoms with Gasteiger partial charge in [0.25, 0.3) is 0 Å². The van der Waals surface area contributed by atoms with E-state index in [-0.39, 0.29) is 0 Å². The summed E-state index contributed by atoms with van der Waals surface area (Å²) in [7, 11) is 1.70. The van der Waals surface area contributed by atoms with Gasteiger partial charge < -0.3 is 19.4 Å². The Kier molecular flexibility index (Phi) is 4.90. The van der Waals surface area contributed by atoms with Crippen molar-refractivity contribution < 1.29 is 9.47 Å². The summed E-state index contributed by atoms with van der Waals surface area (Å²) < 4.78 is 12.5. The third-order valence-electron chi connectivity index (χ3n) is 2.94. The van der Waals surface area contributed by atoms with Gasteiger partial charge in [-0.2, -0.15) is 0 Å². The van der Waals surface area contributed by atoms with Crippen LogP contribution >= 0.6 is 0 Å². The lowest BCUT2D eigenvalue weighted by molar-refractivity contribution is 0.0695. The Hall–Kier alpha value is -0.980. The van der Waals surface area contributed by atoms with Gasteiger partial charge in [-0.25, -0.2) is 0 Å². The van der Waals surface area contributed by atoms with E-state index >= 15 is 0 Å². The number of methoxy groups -OCH3 is 1. The monoisotopic (exact) mass is 240 g/mol. The van der Waals surface area contributed by atoms with Crippen molar-refractivity contribution in [2.24, 2.45) is 0 Å². The fourth-order valence-electron chi connectivity index (χ4n) is 1.93. The molecular weight excluding hydrogens is 220 g/mol. The predicted molar refractivity (Wildman–Crippen MR) is 62.6 cm³/mol. The zero-order chi connectivity index (χ0) is 11.9. The lowest BCUT2D eigenvalue weighted by atomic mass is 10.1. The van der Waals surface area contributed by atoms with E-state index in [0.29, 0.717) is 12.6 Å². The Balaban J connectivity index is 1.79. The molecule has 6 heteroatoms. The predicted octanol–water partition coefficient (Wildman–Crippen LogP) is 0.193. The maximum Gasteiger partial charge on any atom is 0.146 e. The van der Waals surface area contributed by atoms with Gasteiger partial charge in [0.05, 0.1) is 19.8 Å². The van der Waals surface area contributed by atoms with Gasteiger partial charge in [-0.3, -0.25) is 0 Å². The molecule has 6 nitrogen and oxygen atoms in total. The molecule has 0 aromatic carbocycles. The highest BCUT2D eigenvalue weighted by molar-refractivity contribution is 4.86. The molecule has 1 aromatic rings. The number of rotatable bonds is 6. The summed E-state index contributed by atoms with van der Waals surface area (Å²) in [5, 5.41) is 11.5. The van der Waals surface area contributed by atoms with E-state index in [2.05, 4.69) is 15.5 Å². The molecule has 1 fully saturated rings. The van der Waals surface area contributed by atoms with Gasteiger partial charge in [-0.05, 0) is 12.8 Å². The third kappa shape index (κ3) is 3.76. The lowest BCUT2D eigenvalue weighted by Crippen LogP contribution is -2.37. The Morgan fingerprint density at radius 1 is 1.65 bits per heavy atom. The van der Waals surface area contributed by atoms with E-state index in [1.54, 1.807) is 13.4 Å². The number of hydrogen-bond donors (Lipinski definition) is 1. The van der Waals surface area contributed by atoms with Crippen molar-refractivity contribution in [1.82, 2.24) is 20.1 Å². The summed E-state index contributed by atoms with van der Waals surface area (Å²) in [6.07, 6.45) is 4.05. The summed E-state index contributed by atoms with van der Waals surface area (Å²) in [5.41, 5.74) is 0. The van der Waals surface area contributed by atoms with Crippen LogP contribution in [-0.2, 0) is 22.6 Å². The van der Waals surface area contributed by atoms with Crippen LogP contribution in [0.3, 0.4) is 0 Å². The number of hydrogen-bond acceptors (Lipinski definition) is 5. The van der Waals surface area contributed by atoms with Crippen LogP contribution in [0.25, 0.3) is 0 Å². The highest BCUT2D eigenvalue weighted by Gasteiger charge is 2.14. The van der Waals surface area contributed by atoms with Gasteiger partial charge >= 0.3 is 0 Å². The Bertz CT molecular complexity index is 323. The molecule has 0 aliphatic carbocycles. The van der Waals surface area contributed by atoms with Crippen LogP contribution < -0.4 is 5.32 Å². The normalized spacial score (nSPS) is 20.6. The first-order chi connectivity index (χ1) is 8.40. The zero-order valence-electron chi connectivity index (χ0n) is 10.3. The molecule has 0 amide bonds. The molecule has 96 valence electrons. The molecule has 0 unspecified atom stereocenters. The van der Waals surface area contributed by atoms with Crippen LogP contribution in [0.2, 0.25) is 0 Å². The van der Waals surface area contributed by atoms with Crippen molar-refractivity contribution in [3.8, 4) is 0 Å². The molecule has 2 heterocycles. The van der Waals surface area contributed by atoms with E-state index in [1.807, 2.05) is 4.57 Å². The van der Waals surface area contributed by atoms with Crippen LogP contribution in [0, 0.1) is 0 Å². The van der Waals surface area contributed by atoms with Crippen molar-refractivity contribution in [1.29, 1.82) is 0 Å². The first-order valence-corrected chi connectivity index (χ1v) is 6.07. The summed E-state index contributed by atoms with van der Waals surface area (Å²) in [4.78, 5) is 0. The minimum Gasteiger partial charge on any atom is -0.383 e. The molecule has 1 aromatic heterocycles. The van der Waals surface area contributed by atoms with Crippen molar-refractivity contribution in [3.05, 3.63) is 12.2 Å². The first-order valence-electron chi connectivity index (χ1n) is 6.07. The average molecular weight is 240 g/mol. The van der Waals surface area contributed by atoms with Gasteiger partial charge in [-0.1, -0.05) is 0 Å². The SMILES string of the molecule is COCCn1cnnc1CN[C@@H]1CCCOC1. The molecule has 1 aliphatic rings. The second-order valence-electron chi connectivity index (χ2n) is 4.23. The van der Waals surface area contributed by atoms with Crippen molar-refractivity contribution in [2.45, 2.75) is 32.0 Å². The maximum atomic E-state index is 5.42. The molecule has 0 radical (unpaired) electrons. The molecule has 1 atom stereocenters. The van der Waals surface area contributed by atoms with Crippen molar-refractivity contribution >= 4 is 0 Å². The minimum atomic E-state index is 0.441. The van der Waals surface area contributed by atoms with E-state index in [0.717, 1.165) is 38.5 Å².